The lowest BCUT2D eigenvalue weighted by Crippen LogP contribution is -2.53. The van der Waals surface area contributed by atoms with Gasteiger partial charge >= 0.3 is 12.1 Å². The summed E-state index contributed by atoms with van der Waals surface area (Å²) in [6, 6.07) is -0.752. The summed E-state index contributed by atoms with van der Waals surface area (Å²) in [7, 11) is 1.27. The number of hydrogen-bond acceptors (Lipinski definition) is 6. The molecule has 24 heavy (non-hydrogen) atoms. The number of carbonyl (C=O) groups excluding carboxylic acids is 2. The van der Waals surface area contributed by atoms with Crippen LogP contribution in [0.4, 0.5) is 4.79 Å². The molecule has 0 aromatic heterocycles. The Hall–Kier alpha value is -2.38. The standard InChI is InChI=1S/C16H22N2O6/c1-16(2,3)24-15(20)17-9-11-7-12(18(21)22)6-5-10(11)8-13(17)14(19)23-4/h6-7,10,13H,5,8-9H2,1-4H3. The fourth-order valence-electron chi connectivity index (χ4n) is 2.91. The molecule has 2 atom stereocenters. The minimum absolute atomic E-state index is 0.0157. The molecule has 2 aliphatic rings. The van der Waals surface area contributed by atoms with Crippen LogP contribution in [0.25, 0.3) is 0 Å². The number of piperidine rings is 1. The van der Waals surface area contributed by atoms with Crippen LogP contribution >= 0.6 is 0 Å². The lowest BCUT2D eigenvalue weighted by Gasteiger charge is -2.40. The van der Waals surface area contributed by atoms with Crippen molar-refractivity contribution in [2.24, 2.45) is 5.92 Å². The van der Waals surface area contributed by atoms with Gasteiger partial charge in [0.05, 0.1) is 12.0 Å². The molecule has 0 N–H and O–H groups in total. The van der Waals surface area contributed by atoms with Crippen LogP contribution < -0.4 is 0 Å². The van der Waals surface area contributed by atoms with Crippen LogP contribution in [-0.4, -0.2) is 47.2 Å². The second-order valence-electron chi connectivity index (χ2n) is 6.92. The highest BCUT2D eigenvalue weighted by atomic mass is 16.6. The second kappa shape index (κ2) is 6.62. The average Bonchev–Trinajstić information content (AvgIpc) is 2.50. The van der Waals surface area contributed by atoms with Crippen molar-refractivity contribution in [3.63, 3.8) is 0 Å². The summed E-state index contributed by atoms with van der Waals surface area (Å²) < 4.78 is 10.2. The normalized spacial score (nSPS) is 23.6. The minimum Gasteiger partial charge on any atom is -0.467 e. The molecule has 0 aromatic carbocycles. The van der Waals surface area contributed by atoms with Crippen molar-refractivity contribution in [1.29, 1.82) is 0 Å². The maximum Gasteiger partial charge on any atom is 0.411 e. The van der Waals surface area contributed by atoms with Gasteiger partial charge < -0.3 is 9.47 Å². The Bertz CT molecular complexity index is 617. The zero-order chi connectivity index (χ0) is 18.1. The van der Waals surface area contributed by atoms with Crippen molar-refractivity contribution in [3.05, 3.63) is 33.5 Å². The number of amides is 1. The van der Waals surface area contributed by atoms with E-state index < -0.39 is 28.6 Å². The third-order valence-corrected chi connectivity index (χ3v) is 4.02. The smallest absolute Gasteiger partial charge is 0.411 e. The van der Waals surface area contributed by atoms with E-state index in [9.17, 15) is 19.7 Å². The lowest BCUT2D eigenvalue weighted by molar-refractivity contribution is -0.419. The molecule has 8 heteroatoms. The number of nitrogens with zero attached hydrogens (tertiary/aromatic N) is 2. The van der Waals surface area contributed by atoms with Crippen molar-refractivity contribution in [1.82, 2.24) is 4.90 Å². The number of carbonyl (C=O) groups is 2. The fourth-order valence-corrected chi connectivity index (χ4v) is 2.91. The van der Waals surface area contributed by atoms with Gasteiger partial charge in [-0.2, -0.15) is 0 Å². The largest absolute Gasteiger partial charge is 0.467 e. The highest BCUT2D eigenvalue weighted by Crippen LogP contribution is 2.35. The molecular weight excluding hydrogens is 316 g/mol. The molecule has 1 aliphatic carbocycles. The molecule has 8 nitrogen and oxygen atoms in total. The Morgan fingerprint density at radius 3 is 2.58 bits per heavy atom. The van der Waals surface area contributed by atoms with E-state index in [4.69, 9.17) is 9.47 Å². The first kappa shape index (κ1) is 18.0. The Balaban J connectivity index is 2.27. The van der Waals surface area contributed by atoms with E-state index in [0.29, 0.717) is 12.8 Å². The van der Waals surface area contributed by atoms with Crippen molar-refractivity contribution in [2.45, 2.75) is 45.3 Å². The summed E-state index contributed by atoms with van der Waals surface area (Å²) in [5, 5.41) is 11.0. The van der Waals surface area contributed by atoms with Crippen molar-refractivity contribution >= 4 is 12.1 Å². The van der Waals surface area contributed by atoms with E-state index in [1.807, 2.05) is 0 Å². The van der Waals surface area contributed by atoms with Gasteiger partial charge in [-0.05, 0) is 51.2 Å². The molecule has 0 radical (unpaired) electrons. The summed E-state index contributed by atoms with van der Waals surface area (Å²) >= 11 is 0. The Morgan fingerprint density at radius 1 is 1.38 bits per heavy atom. The zero-order valence-corrected chi connectivity index (χ0v) is 14.3. The monoisotopic (exact) mass is 338 g/mol. The lowest BCUT2D eigenvalue weighted by atomic mass is 9.81. The van der Waals surface area contributed by atoms with E-state index in [0.717, 1.165) is 5.57 Å². The van der Waals surface area contributed by atoms with Gasteiger partial charge in [0.2, 0.25) is 0 Å². The van der Waals surface area contributed by atoms with E-state index in [1.54, 1.807) is 26.8 Å². The Kier molecular flexibility index (Phi) is 4.96. The van der Waals surface area contributed by atoms with Crippen molar-refractivity contribution in [2.75, 3.05) is 13.7 Å². The highest BCUT2D eigenvalue weighted by molar-refractivity contribution is 5.82. The van der Waals surface area contributed by atoms with Crippen LogP contribution in [0, 0.1) is 16.0 Å². The summed E-state index contributed by atoms with van der Waals surface area (Å²) in [5.74, 6) is -0.527. The van der Waals surface area contributed by atoms with Crippen LogP contribution in [0.1, 0.15) is 33.6 Å². The average molecular weight is 338 g/mol. The number of fused-ring (bicyclic) bond motifs is 1. The number of likely N-dealkylation sites (tertiary alicyclic amines) is 1. The van der Waals surface area contributed by atoms with Crippen molar-refractivity contribution < 1.29 is 24.0 Å². The molecule has 1 saturated heterocycles. The van der Waals surface area contributed by atoms with E-state index >= 15 is 0 Å². The summed E-state index contributed by atoms with van der Waals surface area (Å²) in [6.07, 6.45) is 3.23. The molecule has 0 bridgehead atoms. The number of nitro groups is 1. The van der Waals surface area contributed by atoms with Gasteiger partial charge in [-0.25, -0.2) is 9.59 Å². The van der Waals surface area contributed by atoms with Gasteiger partial charge in [0.1, 0.15) is 11.6 Å². The highest BCUT2D eigenvalue weighted by Gasteiger charge is 2.42. The van der Waals surface area contributed by atoms with Crippen LogP contribution in [0.15, 0.2) is 23.4 Å². The van der Waals surface area contributed by atoms with Crippen LogP contribution in [0.3, 0.4) is 0 Å². The predicted octanol–water partition coefficient (Wildman–Crippen LogP) is 2.28. The topological polar surface area (TPSA) is 99.0 Å². The molecule has 0 spiro atoms. The van der Waals surface area contributed by atoms with Crippen molar-refractivity contribution in [3.8, 4) is 0 Å². The van der Waals surface area contributed by atoms with Gasteiger partial charge in [0.25, 0.3) is 5.70 Å². The molecule has 1 heterocycles. The molecule has 0 saturated carbocycles. The molecule has 2 unspecified atom stereocenters. The number of rotatable bonds is 2. The first-order valence-corrected chi connectivity index (χ1v) is 7.75. The number of esters is 1. The molecule has 2 rings (SSSR count). The third kappa shape index (κ3) is 3.93. The molecule has 1 amide bonds. The van der Waals surface area contributed by atoms with Gasteiger partial charge in [-0.3, -0.25) is 15.0 Å². The zero-order valence-electron chi connectivity index (χ0n) is 14.3. The number of ether oxygens (including phenoxy) is 2. The summed E-state index contributed by atoms with van der Waals surface area (Å²) in [6.45, 7) is 5.32. The summed E-state index contributed by atoms with van der Waals surface area (Å²) in [5.41, 5.74) is 0.0682. The molecular formula is C16H22N2O6. The predicted molar refractivity (Wildman–Crippen MR) is 84.6 cm³/mol. The van der Waals surface area contributed by atoms with Gasteiger partial charge in [-0.15, -0.1) is 0 Å². The first-order valence-electron chi connectivity index (χ1n) is 7.75. The van der Waals surface area contributed by atoms with Crippen LogP contribution in [0.2, 0.25) is 0 Å². The molecule has 0 aromatic rings. The maximum atomic E-state index is 12.5. The summed E-state index contributed by atoms with van der Waals surface area (Å²) in [4.78, 5) is 36.3. The van der Waals surface area contributed by atoms with Crippen LogP contribution in [-0.2, 0) is 14.3 Å². The van der Waals surface area contributed by atoms with E-state index in [2.05, 4.69) is 0 Å². The Labute approximate surface area is 140 Å². The molecule has 132 valence electrons. The Morgan fingerprint density at radius 2 is 2.04 bits per heavy atom. The first-order chi connectivity index (χ1) is 11.1. The fraction of sp³-hybridized carbons (Fsp3) is 0.625. The number of hydrogen-bond donors (Lipinski definition) is 0. The third-order valence-electron chi connectivity index (χ3n) is 4.02. The van der Waals surface area contributed by atoms with Gasteiger partial charge in [-0.1, -0.05) is 0 Å². The number of methoxy groups -OCH3 is 1. The van der Waals surface area contributed by atoms with E-state index in [-0.39, 0.29) is 18.2 Å². The van der Waals surface area contributed by atoms with E-state index in [1.165, 1.54) is 18.1 Å². The van der Waals surface area contributed by atoms with Gasteiger partial charge in [0.15, 0.2) is 0 Å². The minimum atomic E-state index is -0.752. The quantitative estimate of drug-likeness (QED) is 0.435. The SMILES string of the molecule is COC(=O)C1CC2CC=C([N+](=O)[O-])C=C2CN1C(=O)OC(C)(C)C. The maximum absolute atomic E-state index is 12.5. The van der Waals surface area contributed by atoms with Gasteiger partial charge in [0, 0.05) is 12.6 Å². The molecule has 1 fully saturated rings. The second-order valence-corrected chi connectivity index (χ2v) is 6.92. The number of allylic oxidation sites excluding steroid dienone is 2. The molecule has 1 aliphatic heterocycles. The van der Waals surface area contributed by atoms with Crippen LogP contribution in [0.5, 0.6) is 0 Å².